The fourth-order valence-corrected chi connectivity index (χ4v) is 4.10. The van der Waals surface area contributed by atoms with E-state index in [0.29, 0.717) is 16.6 Å². The highest BCUT2D eigenvalue weighted by Crippen LogP contribution is 2.30. The van der Waals surface area contributed by atoms with Crippen LogP contribution in [0.5, 0.6) is 0 Å². The smallest absolute Gasteiger partial charge is 0.270 e. The van der Waals surface area contributed by atoms with Gasteiger partial charge in [0.2, 0.25) is 0 Å². The summed E-state index contributed by atoms with van der Waals surface area (Å²) in [5.41, 5.74) is 0.721. The summed E-state index contributed by atoms with van der Waals surface area (Å²) in [5.74, 6) is -0.330. The molecule has 2 aromatic heterocycles. The van der Waals surface area contributed by atoms with Crippen molar-refractivity contribution in [2.45, 2.75) is 6.42 Å². The Morgan fingerprint density at radius 3 is 2.88 bits per heavy atom. The highest BCUT2D eigenvalue weighted by atomic mass is 32.1. The van der Waals surface area contributed by atoms with Gasteiger partial charge < -0.3 is 4.90 Å². The van der Waals surface area contributed by atoms with Crippen LogP contribution < -0.4 is 9.80 Å². The second-order valence-corrected chi connectivity index (χ2v) is 7.81. The number of halogens is 1. The molecule has 1 N–H and O–H groups in total. The summed E-state index contributed by atoms with van der Waals surface area (Å²) in [6.07, 6.45) is 0.879. The highest BCUT2D eigenvalue weighted by molar-refractivity contribution is 7.22. The van der Waals surface area contributed by atoms with E-state index in [9.17, 15) is 9.18 Å². The van der Waals surface area contributed by atoms with E-state index in [1.54, 1.807) is 11.0 Å². The number of benzene rings is 1. The molecule has 0 saturated carbocycles. The summed E-state index contributed by atoms with van der Waals surface area (Å²) in [4.78, 5) is 21.1. The van der Waals surface area contributed by atoms with Gasteiger partial charge in [0.25, 0.3) is 5.91 Å². The maximum Gasteiger partial charge on any atom is 0.270 e. The Hall–Kier alpha value is -1.83. The van der Waals surface area contributed by atoms with Crippen LogP contribution in [0.25, 0.3) is 10.2 Å². The predicted octanol–water partition coefficient (Wildman–Crippen LogP) is 2.68. The molecule has 0 aliphatic heterocycles. The van der Waals surface area contributed by atoms with Gasteiger partial charge in [-0.05, 0) is 29.6 Å². The molecule has 7 heteroatoms. The van der Waals surface area contributed by atoms with Crippen molar-refractivity contribution < 1.29 is 14.1 Å². The summed E-state index contributed by atoms with van der Waals surface area (Å²) in [6, 6.07) is 8.21. The zero-order valence-corrected chi connectivity index (χ0v) is 15.2. The molecule has 0 fully saturated rings. The van der Waals surface area contributed by atoms with Gasteiger partial charge >= 0.3 is 0 Å². The number of nitrogens with zero attached hydrogens (tertiary/aromatic N) is 2. The minimum atomic E-state index is -0.287. The topological polar surface area (TPSA) is 37.6 Å². The van der Waals surface area contributed by atoms with Crippen LogP contribution in [-0.4, -0.2) is 38.1 Å². The quantitative estimate of drug-likeness (QED) is 0.730. The van der Waals surface area contributed by atoms with Crippen LogP contribution in [0.1, 0.15) is 16.1 Å². The molecule has 0 spiro atoms. The van der Waals surface area contributed by atoms with Crippen LogP contribution in [0.2, 0.25) is 0 Å². The number of thiazole rings is 1. The predicted molar refractivity (Wildman–Crippen MR) is 97.9 cm³/mol. The molecule has 0 aliphatic rings. The summed E-state index contributed by atoms with van der Waals surface area (Å²) >= 11 is 2.78. The van der Waals surface area contributed by atoms with Gasteiger partial charge in [0, 0.05) is 13.0 Å². The minimum Gasteiger partial charge on any atom is -0.340 e. The number of hydrogen-bond acceptors (Lipinski definition) is 4. The molecule has 0 saturated heterocycles. The van der Waals surface area contributed by atoms with Gasteiger partial charge in [0.15, 0.2) is 5.13 Å². The van der Waals surface area contributed by atoms with Crippen LogP contribution in [0.3, 0.4) is 0 Å². The minimum absolute atomic E-state index is 0.0433. The number of amides is 1. The molecule has 3 aromatic rings. The number of hydrogen-bond donors (Lipinski definition) is 1. The molecule has 0 unspecified atom stereocenters. The molecule has 0 aliphatic carbocycles. The fraction of sp³-hybridized carbons (Fsp3) is 0.294. The number of thiophene rings is 1. The third kappa shape index (κ3) is 3.80. The summed E-state index contributed by atoms with van der Waals surface area (Å²) in [5, 5.41) is 2.52. The molecule has 0 radical (unpaired) electrons. The van der Waals surface area contributed by atoms with Gasteiger partial charge in [0.05, 0.1) is 35.7 Å². The van der Waals surface area contributed by atoms with Gasteiger partial charge in [0.1, 0.15) is 5.82 Å². The molecule has 0 atom stereocenters. The van der Waals surface area contributed by atoms with E-state index in [1.807, 2.05) is 17.5 Å². The van der Waals surface area contributed by atoms with E-state index < -0.39 is 0 Å². The molecule has 1 amide bonds. The Morgan fingerprint density at radius 1 is 1.33 bits per heavy atom. The standard InChI is InChI=1S/C17H18FN3OS2/c1-20(2)8-4-9-21(16(22)14-5-3-10-23-14)17-19-13-7-6-12(18)11-15(13)24-17/h3,5-7,10-11H,4,8-9H2,1-2H3/p+1. The Balaban J connectivity index is 1.91. The summed E-state index contributed by atoms with van der Waals surface area (Å²) in [6.45, 7) is 1.57. The molecule has 4 nitrogen and oxygen atoms in total. The number of anilines is 1. The fourth-order valence-electron chi connectivity index (χ4n) is 2.41. The molecule has 2 heterocycles. The first-order valence-corrected chi connectivity index (χ1v) is 9.44. The van der Waals surface area contributed by atoms with Crippen LogP contribution in [0.4, 0.5) is 9.52 Å². The van der Waals surface area contributed by atoms with Gasteiger partial charge in [-0.25, -0.2) is 9.37 Å². The van der Waals surface area contributed by atoms with E-state index in [-0.39, 0.29) is 11.7 Å². The average molecular weight is 364 g/mol. The SMILES string of the molecule is C[NH+](C)CCCN(C(=O)c1cccs1)c1nc2ccc(F)cc2s1. The largest absolute Gasteiger partial charge is 0.340 e. The molecule has 126 valence electrons. The molecule has 1 aromatic carbocycles. The van der Waals surface area contributed by atoms with Gasteiger partial charge in [-0.15, -0.1) is 11.3 Å². The van der Waals surface area contributed by atoms with E-state index in [2.05, 4.69) is 19.1 Å². The van der Waals surface area contributed by atoms with Gasteiger partial charge in [-0.3, -0.25) is 9.69 Å². The number of nitrogens with one attached hydrogen (secondary N) is 1. The van der Waals surface area contributed by atoms with Crippen molar-refractivity contribution in [3.63, 3.8) is 0 Å². The number of fused-ring (bicyclic) bond motifs is 1. The second kappa shape index (κ2) is 7.38. The van der Waals surface area contributed by atoms with Crippen molar-refractivity contribution in [2.75, 3.05) is 32.1 Å². The maximum atomic E-state index is 13.4. The first-order valence-electron chi connectivity index (χ1n) is 7.75. The first-order chi connectivity index (χ1) is 11.5. The Morgan fingerprint density at radius 2 is 2.17 bits per heavy atom. The number of carbonyl (C=O) groups excluding carboxylic acids is 1. The van der Waals surface area contributed by atoms with E-state index in [1.165, 1.54) is 39.7 Å². The van der Waals surface area contributed by atoms with E-state index in [4.69, 9.17) is 0 Å². The van der Waals surface area contributed by atoms with Crippen molar-refractivity contribution in [3.8, 4) is 0 Å². The van der Waals surface area contributed by atoms with Crippen molar-refractivity contribution in [1.82, 2.24) is 4.98 Å². The lowest BCUT2D eigenvalue weighted by Crippen LogP contribution is -3.05. The maximum absolute atomic E-state index is 13.4. The van der Waals surface area contributed by atoms with Crippen molar-refractivity contribution in [2.24, 2.45) is 0 Å². The van der Waals surface area contributed by atoms with Crippen molar-refractivity contribution >= 4 is 43.9 Å². The molecular formula is C17H19FN3OS2+. The summed E-state index contributed by atoms with van der Waals surface area (Å²) < 4.78 is 14.2. The normalized spacial score (nSPS) is 11.3. The third-order valence-corrected chi connectivity index (χ3v) is 5.50. The lowest BCUT2D eigenvalue weighted by molar-refractivity contribution is -0.858. The lowest BCUT2D eigenvalue weighted by Gasteiger charge is -2.19. The zero-order valence-electron chi connectivity index (χ0n) is 13.6. The van der Waals surface area contributed by atoms with Crippen LogP contribution in [0.15, 0.2) is 35.7 Å². The highest BCUT2D eigenvalue weighted by Gasteiger charge is 2.22. The zero-order chi connectivity index (χ0) is 17.1. The second-order valence-electron chi connectivity index (χ2n) is 5.85. The van der Waals surface area contributed by atoms with Gasteiger partial charge in [-0.2, -0.15) is 0 Å². The van der Waals surface area contributed by atoms with E-state index >= 15 is 0 Å². The third-order valence-electron chi connectivity index (χ3n) is 3.61. The number of aromatic nitrogens is 1. The molecule has 24 heavy (non-hydrogen) atoms. The first kappa shape index (κ1) is 17.0. The van der Waals surface area contributed by atoms with E-state index in [0.717, 1.165) is 23.2 Å². The molecular weight excluding hydrogens is 345 g/mol. The molecule has 0 bridgehead atoms. The van der Waals surface area contributed by atoms with Crippen LogP contribution in [-0.2, 0) is 0 Å². The average Bonchev–Trinajstić information content (AvgIpc) is 3.19. The Kier molecular flexibility index (Phi) is 5.23. The Labute approximate surface area is 148 Å². The van der Waals surface area contributed by atoms with Crippen LogP contribution >= 0.6 is 22.7 Å². The van der Waals surface area contributed by atoms with Crippen molar-refractivity contribution in [1.29, 1.82) is 0 Å². The molecule has 3 rings (SSSR count). The van der Waals surface area contributed by atoms with Crippen molar-refractivity contribution in [3.05, 3.63) is 46.4 Å². The Bertz CT molecular complexity index is 830. The monoisotopic (exact) mass is 364 g/mol. The number of quaternary nitrogens is 1. The van der Waals surface area contributed by atoms with Crippen LogP contribution in [0, 0.1) is 5.82 Å². The lowest BCUT2D eigenvalue weighted by atomic mass is 10.3. The van der Waals surface area contributed by atoms with Gasteiger partial charge in [-0.1, -0.05) is 17.4 Å². The number of carbonyl (C=O) groups is 1. The number of rotatable bonds is 6. The summed E-state index contributed by atoms with van der Waals surface area (Å²) in [7, 11) is 4.18.